The van der Waals surface area contributed by atoms with Crippen LogP contribution in [0.5, 0.6) is 5.75 Å². The zero-order valence-electron chi connectivity index (χ0n) is 12.0. The minimum absolute atomic E-state index is 0.184. The van der Waals surface area contributed by atoms with Crippen molar-refractivity contribution in [2.24, 2.45) is 0 Å². The number of benzene rings is 1. The van der Waals surface area contributed by atoms with E-state index in [1.54, 1.807) is 13.8 Å². The Hall–Kier alpha value is -2.30. The third-order valence-corrected chi connectivity index (χ3v) is 3.28. The van der Waals surface area contributed by atoms with E-state index in [1.807, 2.05) is 32.0 Å². The van der Waals surface area contributed by atoms with Gasteiger partial charge in [0, 0.05) is 5.69 Å². The number of rotatable bonds is 4. The van der Waals surface area contributed by atoms with Crippen LogP contribution in [0.1, 0.15) is 45.9 Å². The standard InChI is InChI=1S/C15H18N2O3/c1-8-6-5-7-9(2)14(8)20-11(4)13-12(15(18)19)10(3)16-17-13/h5-7,11H,1-4H3,(H,16,17)(H,18,19). The zero-order valence-corrected chi connectivity index (χ0v) is 12.0. The lowest BCUT2D eigenvalue weighted by atomic mass is 10.1. The second kappa shape index (κ2) is 5.36. The maximum atomic E-state index is 11.3. The molecule has 2 aromatic rings. The van der Waals surface area contributed by atoms with Crippen LogP contribution in [0.15, 0.2) is 18.2 Å². The van der Waals surface area contributed by atoms with E-state index in [9.17, 15) is 9.90 Å². The van der Waals surface area contributed by atoms with E-state index in [4.69, 9.17) is 4.74 Å². The van der Waals surface area contributed by atoms with Crippen molar-refractivity contribution in [2.45, 2.75) is 33.8 Å². The number of H-pyrrole nitrogens is 1. The number of aromatic amines is 1. The number of nitrogens with one attached hydrogen (secondary N) is 1. The van der Waals surface area contributed by atoms with E-state index in [-0.39, 0.29) is 5.56 Å². The zero-order chi connectivity index (χ0) is 14.9. The molecule has 1 unspecified atom stereocenters. The number of ether oxygens (including phenoxy) is 1. The van der Waals surface area contributed by atoms with Crippen LogP contribution in [0.25, 0.3) is 0 Å². The molecule has 2 rings (SSSR count). The van der Waals surface area contributed by atoms with Gasteiger partial charge in [0.2, 0.25) is 0 Å². The molecule has 2 N–H and O–H groups in total. The molecule has 20 heavy (non-hydrogen) atoms. The molecule has 5 heteroatoms. The molecule has 0 radical (unpaired) electrons. The Balaban J connectivity index is 2.34. The third kappa shape index (κ3) is 2.52. The summed E-state index contributed by atoms with van der Waals surface area (Å²) in [6.07, 6.45) is -0.439. The van der Waals surface area contributed by atoms with Crippen LogP contribution in [-0.2, 0) is 0 Å². The lowest BCUT2D eigenvalue weighted by Crippen LogP contribution is -2.11. The van der Waals surface area contributed by atoms with E-state index >= 15 is 0 Å². The Morgan fingerprint density at radius 3 is 2.45 bits per heavy atom. The van der Waals surface area contributed by atoms with Gasteiger partial charge >= 0.3 is 5.97 Å². The number of carbonyl (C=O) groups is 1. The first-order valence-electron chi connectivity index (χ1n) is 6.42. The minimum atomic E-state index is -0.997. The van der Waals surface area contributed by atoms with Crippen LogP contribution in [-0.4, -0.2) is 21.3 Å². The number of para-hydroxylation sites is 1. The van der Waals surface area contributed by atoms with E-state index in [2.05, 4.69) is 10.2 Å². The molecular weight excluding hydrogens is 256 g/mol. The summed E-state index contributed by atoms with van der Waals surface area (Å²) in [4.78, 5) is 11.3. The SMILES string of the molecule is Cc1cccc(C)c1OC(C)c1n[nH]c(C)c1C(=O)O. The molecule has 106 valence electrons. The van der Waals surface area contributed by atoms with Gasteiger partial charge < -0.3 is 9.84 Å². The first-order chi connectivity index (χ1) is 9.41. The second-order valence-electron chi connectivity index (χ2n) is 4.90. The van der Waals surface area contributed by atoms with Crippen molar-refractivity contribution in [3.8, 4) is 5.75 Å². The summed E-state index contributed by atoms with van der Waals surface area (Å²) in [5, 5.41) is 16.0. The molecule has 1 aromatic carbocycles. The molecule has 1 aromatic heterocycles. The van der Waals surface area contributed by atoms with Crippen LogP contribution in [0, 0.1) is 20.8 Å². The summed E-state index contributed by atoms with van der Waals surface area (Å²) in [7, 11) is 0. The maximum Gasteiger partial charge on any atom is 0.339 e. The summed E-state index contributed by atoms with van der Waals surface area (Å²) in [5.41, 5.74) is 3.16. The summed E-state index contributed by atoms with van der Waals surface area (Å²) in [6.45, 7) is 7.41. The van der Waals surface area contributed by atoms with E-state index in [0.717, 1.165) is 16.9 Å². The normalized spacial score (nSPS) is 12.2. The number of carboxylic acids is 1. The monoisotopic (exact) mass is 274 g/mol. The van der Waals surface area contributed by atoms with Crippen LogP contribution in [0.4, 0.5) is 0 Å². The van der Waals surface area contributed by atoms with Crippen molar-refractivity contribution in [1.82, 2.24) is 10.2 Å². The van der Waals surface area contributed by atoms with Gasteiger partial charge in [-0.2, -0.15) is 5.10 Å². The number of aryl methyl sites for hydroxylation is 3. The van der Waals surface area contributed by atoms with Gasteiger partial charge in [0.05, 0.1) is 0 Å². The van der Waals surface area contributed by atoms with Crippen molar-refractivity contribution in [3.05, 3.63) is 46.3 Å². The number of nitrogens with zero attached hydrogens (tertiary/aromatic N) is 1. The number of hydrogen-bond donors (Lipinski definition) is 2. The molecule has 1 atom stereocenters. The van der Waals surface area contributed by atoms with Gasteiger partial charge in [-0.05, 0) is 38.8 Å². The van der Waals surface area contributed by atoms with Gasteiger partial charge in [-0.15, -0.1) is 0 Å². The molecule has 0 aliphatic carbocycles. The molecule has 0 saturated carbocycles. The first-order valence-corrected chi connectivity index (χ1v) is 6.42. The molecule has 0 bridgehead atoms. The molecule has 0 aliphatic heterocycles. The highest BCUT2D eigenvalue weighted by Gasteiger charge is 2.23. The molecule has 0 spiro atoms. The highest BCUT2D eigenvalue weighted by Crippen LogP contribution is 2.29. The van der Waals surface area contributed by atoms with E-state index in [1.165, 1.54) is 0 Å². The average Bonchev–Trinajstić information content (AvgIpc) is 2.76. The quantitative estimate of drug-likeness (QED) is 0.898. The van der Waals surface area contributed by atoms with Gasteiger partial charge in [-0.1, -0.05) is 18.2 Å². The molecule has 0 fully saturated rings. The Labute approximate surface area is 117 Å². The summed E-state index contributed by atoms with van der Waals surface area (Å²) >= 11 is 0. The fourth-order valence-electron chi connectivity index (χ4n) is 2.23. The smallest absolute Gasteiger partial charge is 0.339 e. The van der Waals surface area contributed by atoms with Crippen molar-refractivity contribution in [1.29, 1.82) is 0 Å². The minimum Gasteiger partial charge on any atom is -0.484 e. The van der Waals surface area contributed by atoms with Gasteiger partial charge in [-0.25, -0.2) is 4.79 Å². The highest BCUT2D eigenvalue weighted by molar-refractivity contribution is 5.90. The molecule has 0 saturated heterocycles. The summed E-state index contributed by atoms with van der Waals surface area (Å²) in [5.74, 6) is -0.222. The van der Waals surface area contributed by atoms with Crippen molar-refractivity contribution < 1.29 is 14.6 Å². The summed E-state index contributed by atoms with van der Waals surface area (Å²) < 4.78 is 5.92. The van der Waals surface area contributed by atoms with E-state index in [0.29, 0.717) is 11.4 Å². The number of aromatic nitrogens is 2. The highest BCUT2D eigenvalue weighted by atomic mass is 16.5. The molecule has 0 amide bonds. The molecule has 1 heterocycles. The molecule has 5 nitrogen and oxygen atoms in total. The van der Waals surface area contributed by atoms with Crippen molar-refractivity contribution >= 4 is 5.97 Å². The molecular formula is C15H18N2O3. The maximum absolute atomic E-state index is 11.3. The Morgan fingerprint density at radius 1 is 1.30 bits per heavy atom. The van der Waals surface area contributed by atoms with Gasteiger partial charge in [0.1, 0.15) is 23.1 Å². The van der Waals surface area contributed by atoms with Crippen molar-refractivity contribution in [3.63, 3.8) is 0 Å². The Morgan fingerprint density at radius 2 is 1.90 bits per heavy atom. The lowest BCUT2D eigenvalue weighted by molar-refractivity contribution is 0.0691. The third-order valence-electron chi connectivity index (χ3n) is 3.28. The Bertz CT molecular complexity index is 626. The van der Waals surface area contributed by atoms with Crippen LogP contribution in [0.2, 0.25) is 0 Å². The number of carboxylic acid groups (broad SMARTS) is 1. The Kier molecular flexibility index (Phi) is 3.79. The van der Waals surface area contributed by atoms with Gasteiger partial charge in [0.25, 0.3) is 0 Å². The second-order valence-corrected chi connectivity index (χ2v) is 4.90. The topological polar surface area (TPSA) is 75.2 Å². The van der Waals surface area contributed by atoms with Crippen LogP contribution >= 0.6 is 0 Å². The predicted octanol–water partition coefficient (Wildman–Crippen LogP) is 3.17. The fourth-order valence-corrected chi connectivity index (χ4v) is 2.23. The number of aromatic carboxylic acids is 1. The lowest BCUT2D eigenvalue weighted by Gasteiger charge is -2.17. The predicted molar refractivity (Wildman–Crippen MR) is 75.2 cm³/mol. The number of hydrogen-bond acceptors (Lipinski definition) is 3. The molecule has 0 aliphatic rings. The average molecular weight is 274 g/mol. The van der Waals surface area contributed by atoms with Crippen molar-refractivity contribution in [2.75, 3.05) is 0 Å². The first kappa shape index (κ1) is 14.1. The van der Waals surface area contributed by atoms with Crippen LogP contribution < -0.4 is 4.74 Å². The van der Waals surface area contributed by atoms with Gasteiger partial charge in [0.15, 0.2) is 0 Å². The van der Waals surface area contributed by atoms with Gasteiger partial charge in [-0.3, -0.25) is 5.10 Å². The largest absolute Gasteiger partial charge is 0.484 e. The van der Waals surface area contributed by atoms with E-state index < -0.39 is 12.1 Å². The fraction of sp³-hybridized carbons (Fsp3) is 0.333. The van der Waals surface area contributed by atoms with Crippen LogP contribution in [0.3, 0.4) is 0 Å². The summed E-state index contributed by atoms with van der Waals surface area (Å²) in [6, 6.07) is 5.88.